The first-order valence-electron chi connectivity index (χ1n) is 6.37. The number of hydrogen-bond donors (Lipinski definition) is 3. The second kappa shape index (κ2) is 4.37. The van der Waals surface area contributed by atoms with Gasteiger partial charge in [-0.25, -0.2) is 17.6 Å². The van der Waals surface area contributed by atoms with Gasteiger partial charge in [0.2, 0.25) is 0 Å². The zero-order valence-electron chi connectivity index (χ0n) is 12.1. The van der Waals surface area contributed by atoms with Gasteiger partial charge in [0, 0.05) is 0 Å². The molecule has 0 aromatic rings. The van der Waals surface area contributed by atoms with Crippen LogP contribution < -0.4 is 0 Å². The van der Waals surface area contributed by atoms with Crippen LogP contribution in [0.15, 0.2) is 0 Å². The summed E-state index contributed by atoms with van der Waals surface area (Å²) in [6.07, 6.45) is 0. The van der Waals surface area contributed by atoms with Crippen LogP contribution >= 0.6 is 0 Å². The molecule has 2 atom stereocenters. The Balaban J connectivity index is 3.20. The van der Waals surface area contributed by atoms with Crippen LogP contribution in [0, 0.1) is 5.41 Å². The SMILES string of the molecule is CC1(CF)C(F)(F)C2(O)C(F)(F)C(O)(F)C(F)(F)C(O)(C1(F)F)C2(F)F. The molecule has 2 bridgehead atoms. The quantitative estimate of drug-likeness (QED) is 0.576. The number of aliphatic hydroxyl groups is 3. The van der Waals surface area contributed by atoms with Crippen LogP contribution in [0.3, 0.4) is 0 Å². The van der Waals surface area contributed by atoms with Gasteiger partial charge in [0.1, 0.15) is 12.1 Å². The third kappa shape index (κ3) is 1.32. The van der Waals surface area contributed by atoms with Crippen molar-refractivity contribution in [1.82, 2.24) is 0 Å². The van der Waals surface area contributed by atoms with E-state index in [0.717, 1.165) is 0 Å². The van der Waals surface area contributed by atoms with Crippen molar-refractivity contribution in [2.24, 2.45) is 5.41 Å². The van der Waals surface area contributed by atoms with Gasteiger partial charge in [-0.3, -0.25) is 4.39 Å². The van der Waals surface area contributed by atoms with Crippen molar-refractivity contribution < 1.29 is 68.0 Å². The summed E-state index contributed by atoms with van der Waals surface area (Å²) in [6, 6.07) is 0. The predicted molar refractivity (Wildman–Crippen MR) is 54.8 cm³/mol. The van der Waals surface area contributed by atoms with Gasteiger partial charge in [0.15, 0.2) is 0 Å². The molecule has 2 aliphatic rings. The monoisotopic (exact) mass is 416 g/mol. The predicted octanol–water partition coefficient (Wildman–Crippen LogP) is 2.29. The topological polar surface area (TPSA) is 60.7 Å². The van der Waals surface area contributed by atoms with E-state index in [1.165, 1.54) is 0 Å². The molecule has 2 unspecified atom stereocenters. The van der Waals surface area contributed by atoms with Crippen molar-refractivity contribution in [3.05, 3.63) is 0 Å². The summed E-state index contributed by atoms with van der Waals surface area (Å²) in [5, 5.41) is 27.2. The Morgan fingerprint density at radius 2 is 0.808 bits per heavy atom. The Labute approximate surface area is 135 Å². The van der Waals surface area contributed by atoms with E-state index >= 15 is 0 Å². The van der Waals surface area contributed by atoms with Gasteiger partial charge in [-0.2, -0.15) is 30.7 Å². The van der Waals surface area contributed by atoms with Crippen molar-refractivity contribution >= 4 is 0 Å². The van der Waals surface area contributed by atoms with Crippen molar-refractivity contribution in [3.8, 4) is 0 Å². The van der Waals surface area contributed by atoms with E-state index in [2.05, 4.69) is 0 Å². The van der Waals surface area contributed by atoms with Crippen molar-refractivity contribution in [2.45, 2.75) is 53.6 Å². The maximum Gasteiger partial charge on any atom is 0.351 e. The summed E-state index contributed by atoms with van der Waals surface area (Å²) in [5.41, 5.74) is -19.0. The molecule has 0 saturated heterocycles. The fraction of sp³-hybridized carbons (Fsp3) is 1.00. The molecule has 15 heteroatoms. The molecule has 2 rings (SSSR count). The molecule has 26 heavy (non-hydrogen) atoms. The zero-order valence-corrected chi connectivity index (χ0v) is 12.1. The Morgan fingerprint density at radius 1 is 0.538 bits per heavy atom. The molecule has 0 heterocycles. The van der Waals surface area contributed by atoms with E-state index in [0.29, 0.717) is 0 Å². The van der Waals surface area contributed by atoms with Crippen LogP contribution in [-0.4, -0.2) is 68.7 Å². The van der Waals surface area contributed by atoms with Gasteiger partial charge in [0.05, 0.1) is 0 Å². The summed E-state index contributed by atoms with van der Waals surface area (Å²) in [5.74, 6) is -42.2. The molecular formula is C11H8F12O3. The first-order valence-corrected chi connectivity index (χ1v) is 6.37. The first-order chi connectivity index (χ1) is 11.1. The Kier molecular flexibility index (Phi) is 3.59. The minimum absolute atomic E-state index is 0.785. The van der Waals surface area contributed by atoms with Crippen LogP contribution in [0.5, 0.6) is 0 Å². The third-order valence-electron chi connectivity index (χ3n) is 5.21. The minimum atomic E-state index is -7.25. The van der Waals surface area contributed by atoms with E-state index in [-0.39, 0.29) is 0 Å². The molecule has 0 aliphatic heterocycles. The lowest BCUT2D eigenvalue weighted by Gasteiger charge is -2.68. The Hall–Kier alpha value is -0.960. The lowest BCUT2D eigenvalue weighted by atomic mass is 9.47. The number of alkyl halides is 12. The molecule has 2 saturated carbocycles. The lowest BCUT2D eigenvalue weighted by molar-refractivity contribution is -0.581. The van der Waals surface area contributed by atoms with Gasteiger partial charge >= 0.3 is 35.5 Å². The van der Waals surface area contributed by atoms with Crippen LogP contribution in [-0.2, 0) is 0 Å². The van der Waals surface area contributed by atoms with Gasteiger partial charge in [-0.05, 0) is 6.92 Å². The maximum atomic E-state index is 14.2. The fourth-order valence-corrected chi connectivity index (χ4v) is 3.28. The first kappa shape index (κ1) is 21.3. The second-order valence-electron chi connectivity index (χ2n) is 6.38. The van der Waals surface area contributed by atoms with Crippen LogP contribution in [0.1, 0.15) is 6.92 Å². The summed E-state index contributed by atoms with van der Waals surface area (Å²) in [4.78, 5) is 0. The summed E-state index contributed by atoms with van der Waals surface area (Å²) in [7, 11) is 0. The maximum absolute atomic E-state index is 14.2. The van der Waals surface area contributed by atoms with E-state index in [1.807, 2.05) is 0 Å². The molecular weight excluding hydrogens is 408 g/mol. The van der Waals surface area contributed by atoms with Crippen LogP contribution in [0.2, 0.25) is 0 Å². The molecule has 3 N–H and O–H groups in total. The zero-order chi connectivity index (χ0) is 21.2. The highest BCUT2D eigenvalue weighted by molar-refractivity contribution is 5.41. The number of hydrogen-bond acceptors (Lipinski definition) is 3. The normalized spacial score (nSPS) is 50.3. The van der Waals surface area contributed by atoms with Gasteiger partial charge in [-0.15, -0.1) is 0 Å². The largest absolute Gasteiger partial charge is 0.373 e. The van der Waals surface area contributed by atoms with Crippen LogP contribution in [0.4, 0.5) is 52.7 Å². The Bertz CT molecular complexity index is 600. The van der Waals surface area contributed by atoms with Crippen molar-refractivity contribution in [3.63, 3.8) is 0 Å². The minimum Gasteiger partial charge on any atom is -0.373 e. The number of halogens is 12. The number of rotatable bonds is 1. The standard InChI is InChI=1S/C11H8F12O3/c1-3(2-12)6(13,14)4(24)8(17,18)5(25,7(3,15)16)10(21,22)11(23,26)9(4,19)20/h24-26H,2H2,1H3. The molecule has 0 aromatic heterocycles. The smallest absolute Gasteiger partial charge is 0.351 e. The van der Waals surface area contributed by atoms with E-state index < -0.39 is 65.7 Å². The average molecular weight is 416 g/mol. The molecule has 0 spiro atoms. The molecule has 2 aliphatic carbocycles. The van der Waals surface area contributed by atoms with Gasteiger partial charge < -0.3 is 15.3 Å². The van der Waals surface area contributed by atoms with Crippen molar-refractivity contribution in [1.29, 1.82) is 0 Å². The second-order valence-corrected chi connectivity index (χ2v) is 6.38. The summed E-state index contributed by atoms with van der Waals surface area (Å²) < 4.78 is 167. The molecule has 154 valence electrons. The average Bonchev–Trinajstić information content (AvgIpc) is 2.48. The molecule has 3 nitrogen and oxygen atoms in total. The van der Waals surface area contributed by atoms with E-state index in [9.17, 15) is 62.9 Å². The molecule has 0 radical (unpaired) electrons. The third-order valence-corrected chi connectivity index (χ3v) is 5.21. The van der Waals surface area contributed by atoms with E-state index in [1.54, 1.807) is 0 Å². The highest BCUT2D eigenvalue weighted by Crippen LogP contribution is 2.79. The van der Waals surface area contributed by atoms with Gasteiger partial charge in [-0.1, -0.05) is 0 Å². The van der Waals surface area contributed by atoms with Crippen LogP contribution in [0.25, 0.3) is 0 Å². The highest BCUT2D eigenvalue weighted by Gasteiger charge is 3.10. The van der Waals surface area contributed by atoms with Crippen molar-refractivity contribution in [2.75, 3.05) is 6.67 Å². The molecule has 2 fully saturated rings. The summed E-state index contributed by atoms with van der Waals surface area (Å²) >= 11 is 0. The summed E-state index contributed by atoms with van der Waals surface area (Å²) in [6.45, 7) is -4.07. The van der Waals surface area contributed by atoms with Gasteiger partial charge in [0.25, 0.3) is 11.2 Å². The lowest BCUT2D eigenvalue weighted by Crippen LogP contribution is -3.00. The Morgan fingerprint density at radius 3 is 1.04 bits per heavy atom. The highest BCUT2D eigenvalue weighted by atomic mass is 19.3. The molecule has 0 aromatic carbocycles. The van der Waals surface area contributed by atoms with E-state index in [4.69, 9.17) is 5.11 Å². The molecule has 0 amide bonds. The fourth-order valence-electron chi connectivity index (χ4n) is 3.28. The number of fused-ring (bicyclic) bond motifs is 2.